The van der Waals surface area contributed by atoms with Crippen LogP contribution in [0.15, 0.2) is 12.4 Å². The molecule has 8 nitrogen and oxygen atoms in total. The molecular weight excluding hydrogens is 358 g/mol. The van der Waals surface area contributed by atoms with E-state index < -0.39 is 6.04 Å². The molecule has 2 rings (SSSR count). The summed E-state index contributed by atoms with van der Waals surface area (Å²) in [6.07, 6.45) is 3.21. The van der Waals surface area contributed by atoms with Crippen LogP contribution in [0.3, 0.4) is 0 Å². The maximum Gasteiger partial charge on any atom is 0.244 e. The lowest BCUT2D eigenvalue weighted by Gasteiger charge is -2.35. The second-order valence-electron chi connectivity index (χ2n) is 7.82. The molecule has 0 saturated carbocycles. The van der Waals surface area contributed by atoms with E-state index in [1.807, 2.05) is 34.6 Å². The topological polar surface area (TPSA) is 102 Å². The number of hydrogen-bond donors (Lipinski definition) is 2. The van der Waals surface area contributed by atoms with Crippen LogP contribution < -0.4 is 11.1 Å². The lowest BCUT2D eigenvalue weighted by molar-refractivity contribution is -0.144. The van der Waals surface area contributed by atoms with Crippen molar-refractivity contribution in [2.24, 2.45) is 11.1 Å². The average molecular weight is 388 g/mol. The molecule has 2 unspecified atom stereocenters. The number of carbonyl (C=O) groups excluding carboxylic acids is 2. The summed E-state index contributed by atoms with van der Waals surface area (Å²) in [5.74, 6) is -0.288. The van der Waals surface area contributed by atoms with Gasteiger partial charge in [0.15, 0.2) is 0 Å². The average Bonchev–Trinajstić information content (AvgIpc) is 2.91. The summed E-state index contributed by atoms with van der Waals surface area (Å²) in [4.78, 5) is 26.4. The lowest BCUT2D eigenvalue weighted by Crippen LogP contribution is -2.49. The Hall–Kier alpha value is -1.64. The van der Waals surface area contributed by atoms with Crippen molar-refractivity contribution >= 4 is 29.9 Å². The first kappa shape index (κ1) is 22.4. The molecule has 0 aliphatic carbocycles. The highest BCUT2D eigenvalue weighted by Crippen LogP contribution is 2.19. The van der Waals surface area contributed by atoms with Crippen LogP contribution in [-0.4, -0.2) is 57.8 Å². The quantitative estimate of drug-likeness (QED) is 0.809. The summed E-state index contributed by atoms with van der Waals surface area (Å²) < 4.78 is 7.16. The van der Waals surface area contributed by atoms with Crippen LogP contribution >= 0.6 is 12.4 Å². The molecule has 0 spiro atoms. The van der Waals surface area contributed by atoms with Gasteiger partial charge in [-0.3, -0.25) is 14.3 Å². The molecule has 0 radical (unpaired) electrons. The zero-order chi connectivity index (χ0) is 18.8. The maximum absolute atomic E-state index is 12.4. The van der Waals surface area contributed by atoms with Gasteiger partial charge in [-0.2, -0.15) is 5.10 Å². The minimum atomic E-state index is -0.631. The Kier molecular flexibility index (Phi) is 7.61. The Morgan fingerprint density at radius 2 is 1.92 bits per heavy atom. The highest BCUT2D eigenvalue weighted by Gasteiger charge is 2.28. The zero-order valence-electron chi connectivity index (χ0n) is 16.1. The largest absolute Gasteiger partial charge is 0.372 e. The summed E-state index contributed by atoms with van der Waals surface area (Å²) >= 11 is 0. The second-order valence-corrected chi connectivity index (χ2v) is 7.82. The maximum atomic E-state index is 12.4. The van der Waals surface area contributed by atoms with Crippen molar-refractivity contribution in [3.8, 4) is 0 Å². The van der Waals surface area contributed by atoms with Gasteiger partial charge in [0.1, 0.15) is 6.54 Å². The number of nitrogens with two attached hydrogens (primary N) is 1. The third-order valence-corrected chi connectivity index (χ3v) is 4.19. The van der Waals surface area contributed by atoms with E-state index in [9.17, 15) is 9.59 Å². The normalized spacial score (nSPS) is 21.7. The van der Waals surface area contributed by atoms with Gasteiger partial charge in [0.2, 0.25) is 11.8 Å². The third-order valence-electron chi connectivity index (χ3n) is 4.19. The first-order valence-corrected chi connectivity index (χ1v) is 8.58. The molecule has 2 amide bonds. The number of amides is 2. The molecule has 1 aromatic heterocycles. The van der Waals surface area contributed by atoms with Crippen LogP contribution in [0.1, 0.15) is 34.6 Å². The van der Waals surface area contributed by atoms with Gasteiger partial charge in [0.25, 0.3) is 0 Å². The van der Waals surface area contributed by atoms with E-state index in [0.717, 1.165) is 0 Å². The van der Waals surface area contributed by atoms with E-state index in [1.165, 1.54) is 10.9 Å². The minimum absolute atomic E-state index is 0. The summed E-state index contributed by atoms with van der Waals surface area (Å²) in [5.41, 5.74) is 6.14. The highest BCUT2D eigenvalue weighted by molar-refractivity contribution is 5.95. The van der Waals surface area contributed by atoms with Crippen LogP contribution in [0.25, 0.3) is 0 Å². The number of ether oxygens (including phenoxy) is 1. The van der Waals surface area contributed by atoms with E-state index in [0.29, 0.717) is 18.8 Å². The van der Waals surface area contributed by atoms with Crippen molar-refractivity contribution in [3.63, 3.8) is 0 Å². The van der Waals surface area contributed by atoms with Gasteiger partial charge in [0.05, 0.1) is 30.1 Å². The Bertz CT molecular complexity index is 618. The number of anilines is 1. The van der Waals surface area contributed by atoms with Gasteiger partial charge in [0, 0.05) is 19.3 Å². The number of morpholine rings is 1. The molecule has 3 atom stereocenters. The molecule has 1 aromatic rings. The molecule has 1 fully saturated rings. The van der Waals surface area contributed by atoms with Gasteiger partial charge in [-0.15, -0.1) is 12.4 Å². The van der Waals surface area contributed by atoms with Gasteiger partial charge in [-0.1, -0.05) is 20.8 Å². The van der Waals surface area contributed by atoms with Gasteiger partial charge in [-0.05, 0) is 19.3 Å². The van der Waals surface area contributed by atoms with Crippen molar-refractivity contribution in [1.82, 2.24) is 14.7 Å². The summed E-state index contributed by atoms with van der Waals surface area (Å²) in [7, 11) is 0. The van der Waals surface area contributed by atoms with E-state index in [2.05, 4.69) is 10.4 Å². The van der Waals surface area contributed by atoms with E-state index in [4.69, 9.17) is 10.5 Å². The number of hydrogen-bond acceptors (Lipinski definition) is 5. The molecule has 0 aromatic carbocycles. The molecule has 0 bridgehead atoms. The van der Waals surface area contributed by atoms with Crippen molar-refractivity contribution in [2.45, 2.75) is 59.4 Å². The molecule has 1 aliphatic heterocycles. The Morgan fingerprint density at radius 3 is 2.46 bits per heavy atom. The molecule has 1 aliphatic rings. The Labute approximate surface area is 160 Å². The second kappa shape index (κ2) is 8.83. The van der Waals surface area contributed by atoms with Crippen molar-refractivity contribution in [2.75, 3.05) is 18.4 Å². The van der Waals surface area contributed by atoms with E-state index in [-0.39, 0.29) is 48.4 Å². The molecule has 26 heavy (non-hydrogen) atoms. The van der Waals surface area contributed by atoms with Crippen molar-refractivity contribution in [3.05, 3.63) is 12.4 Å². The van der Waals surface area contributed by atoms with E-state index >= 15 is 0 Å². The fraction of sp³-hybridized carbons (Fsp3) is 0.706. The van der Waals surface area contributed by atoms with Gasteiger partial charge in [-0.25, -0.2) is 0 Å². The number of rotatable bonds is 4. The molecular formula is C17H30ClN5O3. The fourth-order valence-corrected chi connectivity index (χ4v) is 2.75. The first-order chi connectivity index (χ1) is 11.6. The van der Waals surface area contributed by atoms with Crippen molar-refractivity contribution < 1.29 is 14.3 Å². The number of halogens is 1. The zero-order valence-corrected chi connectivity index (χ0v) is 16.9. The molecule has 9 heteroatoms. The smallest absolute Gasteiger partial charge is 0.244 e. The van der Waals surface area contributed by atoms with E-state index in [1.54, 1.807) is 11.1 Å². The van der Waals surface area contributed by atoms with Gasteiger partial charge >= 0.3 is 0 Å². The predicted molar refractivity (Wildman–Crippen MR) is 102 cm³/mol. The van der Waals surface area contributed by atoms with Crippen LogP contribution in [0.5, 0.6) is 0 Å². The summed E-state index contributed by atoms with van der Waals surface area (Å²) in [6.45, 7) is 10.9. The summed E-state index contributed by atoms with van der Waals surface area (Å²) in [5, 5.41) is 6.89. The lowest BCUT2D eigenvalue weighted by atomic mass is 9.87. The standard InChI is InChI=1S/C17H29N5O3.ClH/c1-11-7-21(8-12(2)25-11)14(23)10-22-9-13(6-19-22)20-16(24)15(18)17(3,4)5;/h6,9,11-12,15H,7-8,10,18H2,1-5H3,(H,20,24);1H/t11?,12?,15-;/m1./s1. The monoisotopic (exact) mass is 387 g/mol. The number of aromatic nitrogens is 2. The number of nitrogens with zero attached hydrogens (tertiary/aromatic N) is 3. The Balaban J connectivity index is 0.00000338. The number of carbonyl (C=O) groups is 2. The molecule has 2 heterocycles. The predicted octanol–water partition coefficient (Wildman–Crippen LogP) is 1.25. The van der Waals surface area contributed by atoms with Crippen LogP contribution in [0.2, 0.25) is 0 Å². The number of nitrogens with one attached hydrogen (secondary N) is 1. The van der Waals surface area contributed by atoms with Crippen LogP contribution in [-0.2, 0) is 20.9 Å². The Morgan fingerprint density at radius 1 is 1.35 bits per heavy atom. The minimum Gasteiger partial charge on any atom is -0.372 e. The van der Waals surface area contributed by atoms with Crippen LogP contribution in [0.4, 0.5) is 5.69 Å². The van der Waals surface area contributed by atoms with Crippen molar-refractivity contribution in [1.29, 1.82) is 0 Å². The third kappa shape index (κ3) is 5.96. The van der Waals surface area contributed by atoms with Crippen LogP contribution in [0, 0.1) is 5.41 Å². The molecule has 148 valence electrons. The highest BCUT2D eigenvalue weighted by atomic mass is 35.5. The molecule has 3 N–H and O–H groups in total. The summed E-state index contributed by atoms with van der Waals surface area (Å²) in [6, 6.07) is -0.631. The SMILES string of the molecule is CC1CN(C(=O)Cn2cc(NC(=O)[C@@H](N)C(C)(C)C)cn2)CC(C)O1.Cl. The molecule has 1 saturated heterocycles. The fourth-order valence-electron chi connectivity index (χ4n) is 2.75. The first-order valence-electron chi connectivity index (χ1n) is 8.58. The van der Waals surface area contributed by atoms with Gasteiger partial charge < -0.3 is 20.7 Å².